The lowest BCUT2D eigenvalue weighted by Crippen LogP contribution is -2.44. The number of rotatable bonds is 5. The second-order valence-electron chi connectivity index (χ2n) is 7.15. The summed E-state index contributed by atoms with van der Waals surface area (Å²) in [7, 11) is 0. The van der Waals surface area contributed by atoms with Gasteiger partial charge in [0.1, 0.15) is 11.9 Å². The average molecular weight is 458 g/mol. The van der Waals surface area contributed by atoms with Gasteiger partial charge in [-0.15, -0.1) is 12.4 Å². The minimum absolute atomic E-state index is 0. The summed E-state index contributed by atoms with van der Waals surface area (Å²) in [6.45, 7) is 1.02. The van der Waals surface area contributed by atoms with Crippen molar-refractivity contribution in [2.45, 2.75) is 56.7 Å². The largest absolute Gasteiger partial charge is 0.326 e. The van der Waals surface area contributed by atoms with Crippen molar-refractivity contribution in [3.8, 4) is 6.07 Å². The minimum Gasteiger partial charge on any atom is -0.326 e. The molecule has 148 valence electrons. The molecule has 2 aliphatic rings. The smallest absolute Gasteiger partial charge is 0.237 e. The molecule has 2 heterocycles. The number of nitrogens with two attached hydrogens (primary N) is 1. The van der Waals surface area contributed by atoms with Crippen LogP contribution in [0, 0.1) is 17.2 Å². The van der Waals surface area contributed by atoms with Crippen molar-refractivity contribution >= 4 is 34.2 Å². The maximum Gasteiger partial charge on any atom is 0.237 e. The van der Waals surface area contributed by atoms with E-state index in [1.165, 1.54) is 0 Å². The number of amides is 1. The number of hydrogen-bond acceptors (Lipinski definition) is 6. The van der Waals surface area contributed by atoms with Gasteiger partial charge in [0, 0.05) is 25.0 Å². The van der Waals surface area contributed by atoms with E-state index >= 15 is 0 Å². The topological polar surface area (TPSA) is 108 Å². The zero-order valence-corrected chi connectivity index (χ0v) is 17.6. The van der Waals surface area contributed by atoms with Crippen molar-refractivity contribution in [3.05, 3.63) is 22.7 Å². The Balaban J connectivity index is 0.00000261. The van der Waals surface area contributed by atoms with Gasteiger partial charge in [0.2, 0.25) is 5.91 Å². The molecule has 2 atom stereocenters. The molecule has 1 amide bonds. The molecule has 1 aromatic heterocycles. The Morgan fingerprint density at radius 1 is 1.33 bits per heavy atom. The van der Waals surface area contributed by atoms with Gasteiger partial charge in [0.15, 0.2) is 0 Å². The van der Waals surface area contributed by atoms with Gasteiger partial charge in [-0.3, -0.25) is 4.79 Å². The number of halogens is 2. The normalized spacial score (nSPS) is 26.1. The summed E-state index contributed by atoms with van der Waals surface area (Å²) in [4.78, 5) is 22.7. The summed E-state index contributed by atoms with van der Waals surface area (Å²) in [6, 6.07) is 2.16. The average Bonchev–Trinajstić information content (AvgIpc) is 3.15. The van der Waals surface area contributed by atoms with Crippen molar-refractivity contribution in [1.29, 1.82) is 5.26 Å². The van der Waals surface area contributed by atoms with Crippen LogP contribution in [0.25, 0.3) is 0 Å². The van der Waals surface area contributed by atoms with Gasteiger partial charge >= 0.3 is 0 Å². The number of carbonyl (C=O) groups excluding carboxylic acids is 1. The second-order valence-corrected chi connectivity index (χ2v) is 8.07. The Morgan fingerprint density at radius 2 is 2.00 bits per heavy atom. The molecule has 1 saturated heterocycles. The molecule has 0 radical (unpaired) electrons. The quantitative estimate of drug-likeness (QED) is 0.702. The Kier molecular flexibility index (Phi) is 8.42. The molecular weight excluding hydrogens is 432 g/mol. The lowest BCUT2D eigenvalue weighted by molar-refractivity contribution is -0.130. The highest BCUT2D eigenvalue weighted by Crippen LogP contribution is 2.32. The number of nitriles is 1. The highest BCUT2D eigenvalue weighted by atomic mass is 79.9. The summed E-state index contributed by atoms with van der Waals surface area (Å²) < 4.78 is 0.850. The molecule has 27 heavy (non-hydrogen) atoms. The van der Waals surface area contributed by atoms with Gasteiger partial charge < -0.3 is 16.0 Å². The third-order valence-corrected chi connectivity index (χ3v) is 5.89. The van der Waals surface area contributed by atoms with Crippen LogP contribution in [-0.2, 0) is 4.79 Å². The first-order valence-corrected chi connectivity index (χ1v) is 10.0. The van der Waals surface area contributed by atoms with E-state index in [-0.39, 0.29) is 30.4 Å². The molecule has 9 heteroatoms. The van der Waals surface area contributed by atoms with Crippen LogP contribution in [-0.4, -0.2) is 45.9 Å². The fourth-order valence-corrected chi connectivity index (χ4v) is 4.13. The highest BCUT2D eigenvalue weighted by molar-refractivity contribution is 9.10. The predicted octanol–water partition coefficient (Wildman–Crippen LogP) is 2.32. The van der Waals surface area contributed by atoms with Crippen molar-refractivity contribution in [1.82, 2.24) is 20.2 Å². The molecular formula is C18H26BrClN6O. The van der Waals surface area contributed by atoms with E-state index in [2.05, 4.69) is 37.3 Å². The third kappa shape index (κ3) is 5.61. The second kappa shape index (κ2) is 10.3. The van der Waals surface area contributed by atoms with Crippen LogP contribution >= 0.6 is 28.3 Å². The van der Waals surface area contributed by atoms with Crippen molar-refractivity contribution < 1.29 is 4.79 Å². The van der Waals surface area contributed by atoms with Crippen molar-refractivity contribution in [2.24, 2.45) is 11.7 Å². The first kappa shape index (κ1) is 22.0. The predicted molar refractivity (Wildman–Crippen MR) is 108 cm³/mol. The Bertz CT molecular complexity index is 659. The number of nitrogens with one attached hydrogen (secondary N) is 1. The number of hydrogen-bond donors (Lipinski definition) is 2. The molecule has 1 aliphatic heterocycles. The van der Waals surface area contributed by atoms with Gasteiger partial charge in [-0.05, 0) is 60.4 Å². The van der Waals surface area contributed by atoms with E-state index in [1.54, 1.807) is 17.3 Å². The van der Waals surface area contributed by atoms with Gasteiger partial charge in [0.05, 0.1) is 23.1 Å². The Hall–Kier alpha value is -1.27. The van der Waals surface area contributed by atoms with E-state index in [1.807, 2.05) is 0 Å². The van der Waals surface area contributed by atoms with Gasteiger partial charge in [-0.2, -0.15) is 5.26 Å². The lowest BCUT2D eigenvalue weighted by Gasteiger charge is -2.32. The summed E-state index contributed by atoms with van der Waals surface area (Å²) in [5.74, 6) is 1.10. The van der Waals surface area contributed by atoms with Crippen LogP contribution < -0.4 is 11.1 Å². The maximum absolute atomic E-state index is 12.3. The molecule has 0 bridgehead atoms. The number of aromatic nitrogens is 2. The van der Waals surface area contributed by atoms with Gasteiger partial charge in [-0.1, -0.05) is 0 Å². The summed E-state index contributed by atoms with van der Waals surface area (Å²) in [5, 5.41) is 12.5. The van der Waals surface area contributed by atoms with Crippen LogP contribution in [0.15, 0.2) is 16.9 Å². The molecule has 3 rings (SSSR count). The Labute approximate surface area is 174 Å². The van der Waals surface area contributed by atoms with Crippen molar-refractivity contribution in [2.75, 3.05) is 13.1 Å². The molecule has 0 aromatic carbocycles. The summed E-state index contributed by atoms with van der Waals surface area (Å²) in [6.07, 6.45) is 9.15. The summed E-state index contributed by atoms with van der Waals surface area (Å²) in [5.41, 5.74) is 6.35. The van der Waals surface area contributed by atoms with Crippen LogP contribution in [0.3, 0.4) is 0 Å². The molecule has 0 spiro atoms. The number of nitrogens with zero attached hydrogens (tertiary/aromatic N) is 4. The monoisotopic (exact) mass is 456 g/mol. The van der Waals surface area contributed by atoms with E-state index in [0.717, 1.165) is 43.0 Å². The fourth-order valence-electron chi connectivity index (χ4n) is 3.92. The fraction of sp³-hybridized carbons (Fsp3) is 0.667. The van der Waals surface area contributed by atoms with Crippen LogP contribution in [0.2, 0.25) is 0 Å². The van der Waals surface area contributed by atoms with E-state index in [0.29, 0.717) is 30.9 Å². The molecule has 3 N–H and O–H groups in total. The molecule has 1 unspecified atom stereocenters. The zero-order valence-electron chi connectivity index (χ0n) is 15.2. The highest BCUT2D eigenvalue weighted by Gasteiger charge is 2.30. The molecule has 2 fully saturated rings. The first-order chi connectivity index (χ1) is 12.6. The molecule has 1 aromatic rings. The van der Waals surface area contributed by atoms with Crippen LogP contribution in [0.4, 0.5) is 0 Å². The maximum atomic E-state index is 12.3. The van der Waals surface area contributed by atoms with Crippen LogP contribution in [0.5, 0.6) is 0 Å². The lowest BCUT2D eigenvalue weighted by atomic mass is 9.81. The third-order valence-electron chi connectivity index (χ3n) is 5.48. The van der Waals surface area contributed by atoms with E-state index < -0.39 is 0 Å². The molecule has 7 nitrogen and oxygen atoms in total. The SMILES string of the molecule is Cl.N#C[C@@H]1CCCN1C(=O)CNC1CCC(C(N)c2ncc(Br)cn2)CC1. The van der Waals surface area contributed by atoms with Gasteiger partial charge in [0.25, 0.3) is 0 Å². The molecule has 1 aliphatic carbocycles. The number of likely N-dealkylation sites (tertiary alicyclic amines) is 1. The van der Waals surface area contributed by atoms with E-state index in [9.17, 15) is 4.79 Å². The number of carbonyl (C=O) groups is 1. The van der Waals surface area contributed by atoms with Gasteiger partial charge in [-0.25, -0.2) is 9.97 Å². The van der Waals surface area contributed by atoms with Crippen molar-refractivity contribution in [3.63, 3.8) is 0 Å². The minimum atomic E-state index is -0.246. The van der Waals surface area contributed by atoms with Crippen LogP contribution in [0.1, 0.15) is 50.4 Å². The summed E-state index contributed by atoms with van der Waals surface area (Å²) >= 11 is 3.34. The zero-order chi connectivity index (χ0) is 18.5. The Morgan fingerprint density at radius 3 is 2.63 bits per heavy atom. The van der Waals surface area contributed by atoms with E-state index in [4.69, 9.17) is 11.0 Å². The standard InChI is InChI=1S/C18H25BrN6O.ClH/c19-13-9-23-18(24-10-13)17(21)12-3-5-14(6-4-12)22-11-16(26)25-7-1-2-15(25)8-20;/h9-10,12,14-15,17,22H,1-7,11,21H2;1H/t12?,14?,15-,17?;/m0./s1. The first-order valence-electron chi connectivity index (χ1n) is 9.24. The molecule has 1 saturated carbocycles.